The average Bonchev–Trinajstić information content (AvgIpc) is 2.35. The number of rotatable bonds is 5. The second-order valence-corrected chi connectivity index (χ2v) is 5.64. The fraction of sp³-hybridized carbons (Fsp3) is 0.385. The van der Waals surface area contributed by atoms with Crippen LogP contribution in [0.1, 0.15) is 13.8 Å². The van der Waals surface area contributed by atoms with Crippen LogP contribution in [0.15, 0.2) is 23.1 Å². The SMILES string of the molecule is CC(C)CNC(=O)NC(=O)CSc1ccc(F)cc1N. The number of benzene rings is 1. The molecule has 0 aliphatic rings. The van der Waals surface area contributed by atoms with Crippen molar-refractivity contribution in [3.05, 3.63) is 24.0 Å². The lowest BCUT2D eigenvalue weighted by Gasteiger charge is -2.09. The number of nitrogens with one attached hydrogen (secondary N) is 2. The molecule has 7 heteroatoms. The van der Waals surface area contributed by atoms with E-state index in [9.17, 15) is 14.0 Å². The van der Waals surface area contributed by atoms with E-state index in [4.69, 9.17) is 5.73 Å². The van der Waals surface area contributed by atoms with Crippen molar-refractivity contribution in [1.82, 2.24) is 10.6 Å². The summed E-state index contributed by atoms with van der Waals surface area (Å²) < 4.78 is 12.8. The van der Waals surface area contributed by atoms with E-state index < -0.39 is 17.8 Å². The van der Waals surface area contributed by atoms with E-state index >= 15 is 0 Å². The summed E-state index contributed by atoms with van der Waals surface area (Å²) in [6, 6.07) is 3.44. The van der Waals surface area contributed by atoms with Gasteiger partial charge in [-0.2, -0.15) is 0 Å². The molecule has 0 saturated heterocycles. The molecule has 1 aromatic rings. The third-order valence-electron chi connectivity index (χ3n) is 2.25. The van der Waals surface area contributed by atoms with Gasteiger partial charge in [-0.15, -0.1) is 11.8 Å². The molecule has 0 aromatic heterocycles. The van der Waals surface area contributed by atoms with E-state index in [1.54, 1.807) is 0 Å². The van der Waals surface area contributed by atoms with Crippen molar-refractivity contribution in [3.63, 3.8) is 0 Å². The molecule has 0 radical (unpaired) electrons. The summed E-state index contributed by atoms with van der Waals surface area (Å²) in [5.41, 5.74) is 5.89. The van der Waals surface area contributed by atoms with E-state index in [1.165, 1.54) is 18.2 Å². The number of anilines is 1. The first-order valence-electron chi connectivity index (χ1n) is 6.14. The first kappa shape index (κ1) is 16.3. The molecule has 3 amide bonds. The smallest absolute Gasteiger partial charge is 0.321 e. The molecule has 110 valence electrons. The molecular weight excluding hydrogens is 281 g/mol. The van der Waals surface area contributed by atoms with Crippen molar-refractivity contribution in [2.45, 2.75) is 18.7 Å². The third-order valence-corrected chi connectivity index (χ3v) is 3.34. The molecule has 1 rings (SSSR count). The van der Waals surface area contributed by atoms with Crippen LogP contribution in [0.4, 0.5) is 14.9 Å². The van der Waals surface area contributed by atoms with E-state index in [-0.39, 0.29) is 11.4 Å². The number of nitrogen functional groups attached to an aromatic ring is 1. The molecule has 0 aliphatic heterocycles. The van der Waals surface area contributed by atoms with Gasteiger partial charge in [0.1, 0.15) is 5.82 Å². The quantitative estimate of drug-likeness (QED) is 0.573. The monoisotopic (exact) mass is 299 g/mol. The number of hydrogen-bond acceptors (Lipinski definition) is 4. The highest BCUT2D eigenvalue weighted by Crippen LogP contribution is 2.25. The van der Waals surface area contributed by atoms with Gasteiger partial charge in [-0.25, -0.2) is 9.18 Å². The van der Waals surface area contributed by atoms with Crippen LogP contribution in [0.3, 0.4) is 0 Å². The lowest BCUT2D eigenvalue weighted by molar-refractivity contribution is -0.117. The van der Waals surface area contributed by atoms with Gasteiger partial charge in [0.15, 0.2) is 0 Å². The molecule has 4 N–H and O–H groups in total. The van der Waals surface area contributed by atoms with Gasteiger partial charge in [0.25, 0.3) is 0 Å². The van der Waals surface area contributed by atoms with Crippen molar-refractivity contribution >= 4 is 29.4 Å². The van der Waals surface area contributed by atoms with Crippen LogP contribution in [-0.4, -0.2) is 24.2 Å². The van der Waals surface area contributed by atoms with Crippen molar-refractivity contribution in [1.29, 1.82) is 0 Å². The van der Waals surface area contributed by atoms with Crippen molar-refractivity contribution in [3.8, 4) is 0 Å². The van der Waals surface area contributed by atoms with Crippen LogP contribution in [0.2, 0.25) is 0 Å². The maximum atomic E-state index is 12.8. The van der Waals surface area contributed by atoms with E-state index in [1.807, 2.05) is 13.8 Å². The number of nitrogens with two attached hydrogens (primary N) is 1. The molecule has 0 atom stereocenters. The maximum Gasteiger partial charge on any atom is 0.321 e. The zero-order valence-electron chi connectivity index (χ0n) is 11.4. The number of thioether (sulfide) groups is 1. The average molecular weight is 299 g/mol. The summed E-state index contributed by atoms with van der Waals surface area (Å²) in [5.74, 6) is -0.515. The van der Waals surface area contributed by atoms with Gasteiger partial charge in [-0.05, 0) is 24.1 Å². The summed E-state index contributed by atoms with van der Waals surface area (Å²) in [4.78, 5) is 23.5. The second-order valence-electron chi connectivity index (χ2n) is 4.62. The predicted octanol–water partition coefficient (Wildman–Crippen LogP) is 1.98. The highest BCUT2D eigenvalue weighted by atomic mass is 32.2. The molecule has 0 bridgehead atoms. The summed E-state index contributed by atoms with van der Waals surface area (Å²) in [5, 5.41) is 4.79. The van der Waals surface area contributed by atoms with Gasteiger partial charge < -0.3 is 11.1 Å². The molecule has 0 saturated carbocycles. The number of carbonyl (C=O) groups excluding carboxylic acids is 2. The second kappa shape index (κ2) is 7.74. The summed E-state index contributed by atoms with van der Waals surface area (Å²) in [6.45, 7) is 4.40. The molecule has 20 heavy (non-hydrogen) atoms. The van der Waals surface area contributed by atoms with Gasteiger partial charge in [-0.1, -0.05) is 13.8 Å². The van der Waals surface area contributed by atoms with E-state index in [2.05, 4.69) is 10.6 Å². The zero-order valence-corrected chi connectivity index (χ0v) is 12.2. The van der Waals surface area contributed by atoms with Crippen LogP contribution < -0.4 is 16.4 Å². The molecule has 0 heterocycles. The fourth-order valence-electron chi connectivity index (χ4n) is 1.30. The molecule has 0 unspecified atom stereocenters. The van der Waals surface area contributed by atoms with Crippen LogP contribution in [0, 0.1) is 11.7 Å². The maximum absolute atomic E-state index is 12.8. The predicted molar refractivity (Wildman–Crippen MR) is 77.9 cm³/mol. The number of halogens is 1. The Morgan fingerprint density at radius 1 is 1.40 bits per heavy atom. The van der Waals surface area contributed by atoms with Gasteiger partial charge in [-0.3, -0.25) is 10.1 Å². The number of carbonyl (C=O) groups is 2. The third kappa shape index (κ3) is 5.92. The minimum absolute atomic E-state index is 0.0327. The Balaban J connectivity index is 2.38. The van der Waals surface area contributed by atoms with E-state index in [0.29, 0.717) is 17.4 Å². The Kier molecular flexibility index (Phi) is 6.30. The fourth-order valence-corrected chi connectivity index (χ4v) is 2.05. The standard InChI is InChI=1S/C13H18FN3O2S/c1-8(2)6-16-13(19)17-12(18)7-20-11-4-3-9(14)5-10(11)15/h3-5,8H,6-7,15H2,1-2H3,(H2,16,17,18,19). The van der Waals surface area contributed by atoms with Crippen LogP contribution in [0.25, 0.3) is 0 Å². The molecule has 0 fully saturated rings. The molecule has 1 aromatic carbocycles. The molecule has 0 spiro atoms. The van der Waals surface area contributed by atoms with Gasteiger partial charge >= 0.3 is 6.03 Å². The van der Waals surface area contributed by atoms with Crippen molar-refractivity contribution < 1.29 is 14.0 Å². The summed E-state index contributed by atoms with van der Waals surface area (Å²) in [6.07, 6.45) is 0. The lowest BCUT2D eigenvalue weighted by atomic mass is 10.2. The Bertz CT molecular complexity index is 495. The highest BCUT2D eigenvalue weighted by Gasteiger charge is 2.09. The van der Waals surface area contributed by atoms with Crippen LogP contribution in [0.5, 0.6) is 0 Å². The Labute approximate surface area is 121 Å². The molecule has 5 nitrogen and oxygen atoms in total. The van der Waals surface area contributed by atoms with Gasteiger partial charge in [0.2, 0.25) is 5.91 Å². The van der Waals surface area contributed by atoms with Crippen molar-refractivity contribution in [2.24, 2.45) is 5.92 Å². The summed E-state index contributed by atoms with van der Waals surface area (Å²) in [7, 11) is 0. The minimum Gasteiger partial charge on any atom is -0.398 e. The van der Waals surface area contributed by atoms with Gasteiger partial charge in [0, 0.05) is 17.1 Å². The normalized spacial score (nSPS) is 10.4. The molecular formula is C13H18FN3O2S. The van der Waals surface area contributed by atoms with Crippen LogP contribution >= 0.6 is 11.8 Å². The minimum atomic E-state index is -0.517. The zero-order chi connectivity index (χ0) is 15.1. The Hall–Kier alpha value is -1.76. The first-order chi connectivity index (χ1) is 9.38. The first-order valence-corrected chi connectivity index (χ1v) is 7.12. The highest BCUT2D eigenvalue weighted by molar-refractivity contribution is 8.00. The number of urea groups is 1. The number of amides is 3. The van der Waals surface area contributed by atoms with Crippen LogP contribution in [-0.2, 0) is 4.79 Å². The lowest BCUT2D eigenvalue weighted by Crippen LogP contribution is -2.41. The molecule has 0 aliphatic carbocycles. The van der Waals surface area contributed by atoms with Gasteiger partial charge in [0.05, 0.1) is 5.75 Å². The van der Waals surface area contributed by atoms with Crippen molar-refractivity contribution in [2.75, 3.05) is 18.0 Å². The topological polar surface area (TPSA) is 84.2 Å². The summed E-state index contributed by atoms with van der Waals surface area (Å²) >= 11 is 1.15. The number of hydrogen-bond donors (Lipinski definition) is 3. The Morgan fingerprint density at radius 3 is 2.70 bits per heavy atom. The Morgan fingerprint density at radius 2 is 2.10 bits per heavy atom. The number of imide groups is 1. The largest absolute Gasteiger partial charge is 0.398 e. The van der Waals surface area contributed by atoms with E-state index in [0.717, 1.165) is 11.8 Å².